The number of nitrogens with one attached hydrogen (secondary N) is 1. The number of phenolic OH excluding ortho intramolecular Hbond substituents is 1. The van der Waals surface area contributed by atoms with E-state index in [-0.39, 0.29) is 22.7 Å². The Morgan fingerprint density at radius 3 is 2.74 bits per heavy atom. The lowest BCUT2D eigenvalue weighted by atomic mass is 10.2. The number of aromatic hydroxyl groups is 1. The lowest BCUT2D eigenvalue weighted by molar-refractivity contribution is -0.384. The molecule has 19 heavy (non-hydrogen) atoms. The van der Waals surface area contributed by atoms with Crippen LogP contribution in [-0.2, 0) is 0 Å². The smallest absolute Gasteiger partial charge is 0.271 e. The fourth-order valence-corrected chi connectivity index (χ4v) is 1.49. The summed E-state index contributed by atoms with van der Waals surface area (Å²) in [6.45, 7) is 1.68. The number of nitro benzene ring substituents is 1. The van der Waals surface area contributed by atoms with Gasteiger partial charge in [-0.2, -0.15) is 0 Å². The van der Waals surface area contributed by atoms with Gasteiger partial charge in [0.2, 0.25) is 0 Å². The number of phenols is 1. The van der Waals surface area contributed by atoms with Gasteiger partial charge in [0.15, 0.2) is 0 Å². The number of nitro groups is 1. The van der Waals surface area contributed by atoms with Crippen molar-refractivity contribution in [3.63, 3.8) is 0 Å². The van der Waals surface area contributed by atoms with E-state index >= 15 is 0 Å². The molecule has 0 spiro atoms. The van der Waals surface area contributed by atoms with Crippen molar-refractivity contribution in [1.82, 2.24) is 0 Å². The number of nitrogens with zero attached hydrogens (tertiary/aromatic N) is 1. The number of non-ortho nitro benzene ring substituents is 1. The van der Waals surface area contributed by atoms with Crippen LogP contribution in [0.15, 0.2) is 34.9 Å². The molecular weight excluding hydrogens is 252 g/mol. The van der Waals surface area contributed by atoms with Gasteiger partial charge in [0.25, 0.3) is 11.6 Å². The molecular formula is C12H10N2O5. The fourth-order valence-electron chi connectivity index (χ4n) is 1.49. The van der Waals surface area contributed by atoms with Gasteiger partial charge in [0.1, 0.15) is 17.8 Å². The third-order valence-corrected chi connectivity index (χ3v) is 2.43. The first-order valence-electron chi connectivity index (χ1n) is 5.31. The van der Waals surface area contributed by atoms with Gasteiger partial charge in [-0.3, -0.25) is 14.9 Å². The summed E-state index contributed by atoms with van der Waals surface area (Å²) in [7, 11) is 0. The monoisotopic (exact) mass is 262 g/mol. The van der Waals surface area contributed by atoms with Crippen LogP contribution in [0.1, 0.15) is 16.1 Å². The van der Waals surface area contributed by atoms with Gasteiger partial charge in [0, 0.05) is 12.1 Å². The Morgan fingerprint density at radius 2 is 2.16 bits per heavy atom. The number of furan rings is 1. The maximum atomic E-state index is 11.8. The Morgan fingerprint density at radius 1 is 1.42 bits per heavy atom. The normalized spacial score (nSPS) is 10.2. The number of carbonyl (C=O) groups excluding carboxylic acids is 1. The summed E-state index contributed by atoms with van der Waals surface area (Å²) in [5.41, 5.74) is 0.0120. The molecule has 0 atom stereocenters. The van der Waals surface area contributed by atoms with Crippen molar-refractivity contribution in [2.45, 2.75) is 6.92 Å². The molecule has 0 unspecified atom stereocenters. The molecule has 0 saturated carbocycles. The third-order valence-electron chi connectivity index (χ3n) is 2.43. The van der Waals surface area contributed by atoms with Crippen LogP contribution in [0.25, 0.3) is 0 Å². The van der Waals surface area contributed by atoms with Crippen LogP contribution >= 0.6 is 0 Å². The summed E-state index contributed by atoms with van der Waals surface area (Å²) in [4.78, 5) is 21.8. The predicted molar refractivity (Wildman–Crippen MR) is 66.2 cm³/mol. The van der Waals surface area contributed by atoms with E-state index in [0.717, 1.165) is 18.2 Å². The van der Waals surface area contributed by atoms with Gasteiger partial charge in [-0.15, -0.1) is 0 Å². The van der Waals surface area contributed by atoms with E-state index in [9.17, 15) is 20.0 Å². The van der Waals surface area contributed by atoms with E-state index in [1.54, 1.807) is 6.92 Å². The number of carbonyl (C=O) groups is 1. The van der Waals surface area contributed by atoms with Crippen molar-refractivity contribution in [2.75, 3.05) is 5.32 Å². The summed E-state index contributed by atoms with van der Waals surface area (Å²) >= 11 is 0. The van der Waals surface area contributed by atoms with Gasteiger partial charge < -0.3 is 14.8 Å². The summed E-state index contributed by atoms with van der Waals surface area (Å²) in [5.74, 6) is -0.208. The minimum atomic E-state index is -0.614. The molecule has 0 radical (unpaired) electrons. The molecule has 0 aliphatic rings. The molecule has 2 aromatic rings. The van der Waals surface area contributed by atoms with E-state index in [2.05, 4.69) is 5.32 Å². The number of amides is 1. The van der Waals surface area contributed by atoms with Crippen LogP contribution in [0.5, 0.6) is 5.75 Å². The highest BCUT2D eigenvalue weighted by molar-refractivity contribution is 6.05. The molecule has 1 aromatic heterocycles. The number of hydrogen-bond acceptors (Lipinski definition) is 5. The zero-order valence-electron chi connectivity index (χ0n) is 9.91. The first kappa shape index (κ1) is 12.6. The molecule has 0 bridgehead atoms. The van der Waals surface area contributed by atoms with Gasteiger partial charge in [-0.1, -0.05) is 0 Å². The average molecular weight is 262 g/mol. The molecule has 1 aromatic carbocycles. The molecule has 0 aliphatic carbocycles. The van der Waals surface area contributed by atoms with Crippen LogP contribution < -0.4 is 5.32 Å². The van der Waals surface area contributed by atoms with Crippen molar-refractivity contribution in [1.29, 1.82) is 0 Å². The van der Waals surface area contributed by atoms with Crippen LogP contribution in [-0.4, -0.2) is 15.9 Å². The van der Waals surface area contributed by atoms with E-state index in [4.69, 9.17) is 4.42 Å². The van der Waals surface area contributed by atoms with E-state index in [0.29, 0.717) is 5.76 Å². The topological polar surface area (TPSA) is 106 Å². The first-order chi connectivity index (χ1) is 8.97. The summed E-state index contributed by atoms with van der Waals surface area (Å²) in [6.07, 6.45) is 1.26. The van der Waals surface area contributed by atoms with Crippen molar-refractivity contribution in [3.05, 3.63) is 52.0 Å². The average Bonchev–Trinajstić information content (AvgIpc) is 2.78. The molecule has 0 saturated heterocycles. The zero-order chi connectivity index (χ0) is 14.0. The molecule has 1 heterocycles. The SMILES string of the molecule is Cc1cc(C(=O)Nc2cc([N+](=O)[O-])ccc2O)co1. The molecule has 2 N–H and O–H groups in total. The minimum absolute atomic E-state index is 0.0296. The number of hydrogen-bond donors (Lipinski definition) is 2. The zero-order valence-corrected chi connectivity index (χ0v) is 9.91. The van der Waals surface area contributed by atoms with Crippen LogP contribution in [0, 0.1) is 17.0 Å². The van der Waals surface area contributed by atoms with Gasteiger partial charge in [0.05, 0.1) is 16.2 Å². The van der Waals surface area contributed by atoms with Crippen LogP contribution in [0.4, 0.5) is 11.4 Å². The fraction of sp³-hybridized carbons (Fsp3) is 0.0833. The second-order valence-electron chi connectivity index (χ2n) is 3.86. The molecule has 98 valence electrons. The second-order valence-corrected chi connectivity index (χ2v) is 3.86. The molecule has 2 rings (SSSR count). The van der Waals surface area contributed by atoms with E-state index in [1.165, 1.54) is 12.3 Å². The Labute approximate surface area is 107 Å². The standard InChI is InChI=1S/C12H10N2O5/c1-7-4-8(6-19-7)12(16)13-10-5-9(14(17)18)2-3-11(10)15/h2-6,15H,1H3,(H,13,16). The Hall–Kier alpha value is -2.83. The molecule has 0 fully saturated rings. The highest BCUT2D eigenvalue weighted by atomic mass is 16.6. The molecule has 0 aliphatic heterocycles. The predicted octanol–water partition coefficient (Wildman–Crippen LogP) is 2.45. The largest absolute Gasteiger partial charge is 0.506 e. The van der Waals surface area contributed by atoms with Crippen molar-refractivity contribution in [3.8, 4) is 5.75 Å². The van der Waals surface area contributed by atoms with Gasteiger partial charge in [-0.25, -0.2) is 0 Å². The van der Waals surface area contributed by atoms with E-state index in [1.807, 2.05) is 0 Å². The van der Waals surface area contributed by atoms with Crippen molar-refractivity contribution < 1.29 is 19.2 Å². The number of aryl methyl sites for hydroxylation is 1. The van der Waals surface area contributed by atoms with Gasteiger partial charge >= 0.3 is 0 Å². The highest BCUT2D eigenvalue weighted by Gasteiger charge is 2.14. The Balaban J connectivity index is 2.25. The molecule has 7 heteroatoms. The Bertz CT molecular complexity index is 647. The summed E-state index contributed by atoms with van der Waals surface area (Å²) < 4.78 is 4.98. The third kappa shape index (κ3) is 2.71. The number of rotatable bonds is 3. The van der Waals surface area contributed by atoms with Crippen LogP contribution in [0.3, 0.4) is 0 Å². The quantitative estimate of drug-likeness (QED) is 0.502. The lowest BCUT2D eigenvalue weighted by Gasteiger charge is -2.05. The second kappa shape index (κ2) is 4.81. The first-order valence-corrected chi connectivity index (χ1v) is 5.31. The van der Waals surface area contributed by atoms with Crippen LogP contribution in [0.2, 0.25) is 0 Å². The molecule has 1 amide bonds. The summed E-state index contributed by atoms with van der Waals surface area (Å²) in [5, 5.41) is 22.6. The Kier molecular flexibility index (Phi) is 3.19. The maximum Gasteiger partial charge on any atom is 0.271 e. The highest BCUT2D eigenvalue weighted by Crippen LogP contribution is 2.28. The maximum absolute atomic E-state index is 11.8. The van der Waals surface area contributed by atoms with Crippen molar-refractivity contribution >= 4 is 17.3 Å². The number of anilines is 1. The lowest BCUT2D eigenvalue weighted by Crippen LogP contribution is -2.11. The van der Waals surface area contributed by atoms with Gasteiger partial charge in [-0.05, 0) is 19.1 Å². The molecule has 7 nitrogen and oxygen atoms in total. The minimum Gasteiger partial charge on any atom is -0.506 e. The van der Waals surface area contributed by atoms with Crippen molar-refractivity contribution in [2.24, 2.45) is 0 Å². The van der Waals surface area contributed by atoms with E-state index < -0.39 is 10.8 Å². The summed E-state index contributed by atoms with van der Waals surface area (Å²) in [6, 6.07) is 4.89. The number of benzene rings is 1.